The number of aliphatic hydroxyl groups excluding tert-OH is 1. The Morgan fingerprint density at radius 1 is 1.09 bits per heavy atom. The van der Waals surface area contributed by atoms with E-state index in [1.54, 1.807) is 16.7 Å². The van der Waals surface area contributed by atoms with Crippen molar-refractivity contribution in [1.82, 2.24) is 9.80 Å². The Hall–Kier alpha value is -1.80. The minimum Gasteiger partial charge on any atom is -0.465 e. The minimum atomic E-state index is -0.752. The van der Waals surface area contributed by atoms with Gasteiger partial charge in [0, 0.05) is 31.5 Å². The highest BCUT2D eigenvalue weighted by molar-refractivity contribution is 8.02. The first-order valence-corrected chi connectivity index (χ1v) is 13.8. The molecule has 34 heavy (non-hydrogen) atoms. The predicted molar refractivity (Wildman–Crippen MR) is 132 cm³/mol. The van der Waals surface area contributed by atoms with Gasteiger partial charge in [0.05, 0.1) is 23.2 Å². The lowest BCUT2D eigenvalue weighted by molar-refractivity contribution is -0.153. The van der Waals surface area contributed by atoms with Gasteiger partial charge in [-0.2, -0.15) is 0 Å². The summed E-state index contributed by atoms with van der Waals surface area (Å²) in [7, 11) is 0. The molecule has 1 spiro atoms. The topological polar surface area (TPSA) is 87.2 Å². The van der Waals surface area contributed by atoms with Crippen LogP contribution in [0.2, 0.25) is 0 Å². The van der Waals surface area contributed by atoms with Gasteiger partial charge in [0.15, 0.2) is 0 Å². The van der Waals surface area contributed by atoms with E-state index in [2.05, 4.69) is 25.2 Å². The molecule has 0 aliphatic carbocycles. The average molecular weight is 491 g/mol. The van der Waals surface area contributed by atoms with Crippen molar-refractivity contribution in [1.29, 1.82) is 0 Å². The number of aliphatic hydroxyl groups is 1. The maximum atomic E-state index is 14.0. The normalized spacial score (nSPS) is 34.0. The van der Waals surface area contributed by atoms with Crippen molar-refractivity contribution in [2.45, 2.75) is 74.3 Å². The summed E-state index contributed by atoms with van der Waals surface area (Å²) in [4.78, 5) is 44.8. The predicted octanol–water partition coefficient (Wildman–Crippen LogP) is 2.93. The Morgan fingerprint density at radius 2 is 1.91 bits per heavy atom. The molecule has 0 aromatic rings. The largest absolute Gasteiger partial charge is 0.465 e. The number of carbonyl (C=O) groups is 3. The highest BCUT2D eigenvalue weighted by Gasteiger charge is 2.70. The van der Waals surface area contributed by atoms with Gasteiger partial charge in [-0.1, -0.05) is 50.5 Å². The molecule has 0 aromatic carbocycles. The van der Waals surface area contributed by atoms with E-state index in [0.717, 1.165) is 51.4 Å². The minimum absolute atomic E-state index is 0.000925. The number of fused-ring (bicyclic) bond motifs is 2. The number of unbranched alkanes of at least 4 members (excludes halogenated alkanes) is 4. The van der Waals surface area contributed by atoms with Crippen LogP contribution in [0.25, 0.3) is 0 Å². The number of likely N-dealkylation sites (tertiary alicyclic amines) is 1. The number of hydrogen-bond acceptors (Lipinski definition) is 6. The second-order valence-corrected chi connectivity index (χ2v) is 11.3. The maximum absolute atomic E-state index is 14.0. The molecule has 2 saturated heterocycles. The van der Waals surface area contributed by atoms with Crippen molar-refractivity contribution < 1.29 is 24.2 Å². The molecule has 2 fully saturated rings. The zero-order valence-corrected chi connectivity index (χ0v) is 21.0. The van der Waals surface area contributed by atoms with Gasteiger partial charge < -0.3 is 19.6 Å². The summed E-state index contributed by atoms with van der Waals surface area (Å²) >= 11 is 1.61. The van der Waals surface area contributed by atoms with Crippen LogP contribution in [0.5, 0.6) is 0 Å². The fraction of sp³-hybridized carbons (Fsp3) is 0.731. The number of amides is 2. The van der Waals surface area contributed by atoms with Crippen LogP contribution in [0, 0.1) is 11.8 Å². The molecule has 4 heterocycles. The Bertz CT molecular complexity index is 830. The summed E-state index contributed by atoms with van der Waals surface area (Å²) < 4.78 is 4.84. The number of rotatable bonds is 9. The third-order valence-electron chi connectivity index (χ3n) is 7.52. The lowest BCUT2D eigenvalue weighted by Crippen LogP contribution is -2.53. The van der Waals surface area contributed by atoms with Gasteiger partial charge in [0.2, 0.25) is 11.8 Å². The number of carbonyl (C=O) groups excluding carboxylic acids is 3. The zero-order valence-electron chi connectivity index (χ0n) is 20.2. The second kappa shape index (κ2) is 11.3. The zero-order chi connectivity index (χ0) is 24.1. The van der Waals surface area contributed by atoms with E-state index in [0.29, 0.717) is 26.2 Å². The third-order valence-corrected chi connectivity index (χ3v) is 9.27. The van der Waals surface area contributed by atoms with Gasteiger partial charge in [-0.05, 0) is 32.1 Å². The van der Waals surface area contributed by atoms with Crippen molar-refractivity contribution >= 4 is 29.5 Å². The average Bonchev–Trinajstić information content (AvgIpc) is 3.23. The molecule has 7 nitrogen and oxygen atoms in total. The SMILES string of the molecule is CCCCN1CC=C[C@]23S[C@H]4/C=C\CCCOC(=O)[C@H]4[C@H]2C(=O)N(CCCCCCO)C3C1=O. The summed E-state index contributed by atoms with van der Waals surface area (Å²) in [6, 6.07) is -0.597. The number of esters is 1. The monoisotopic (exact) mass is 490 g/mol. The summed E-state index contributed by atoms with van der Waals surface area (Å²) in [5, 5.41) is 8.90. The summed E-state index contributed by atoms with van der Waals surface area (Å²) in [6.45, 7) is 4.35. The van der Waals surface area contributed by atoms with Crippen LogP contribution in [0.4, 0.5) is 0 Å². The van der Waals surface area contributed by atoms with Gasteiger partial charge >= 0.3 is 5.97 Å². The molecule has 5 atom stereocenters. The molecule has 1 unspecified atom stereocenters. The van der Waals surface area contributed by atoms with Crippen molar-refractivity contribution in [3.05, 3.63) is 24.3 Å². The second-order valence-electron chi connectivity index (χ2n) is 9.79. The number of thioether (sulfide) groups is 1. The van der Waals surface area contributed by atoms with E-state index in [9.17, 15) is 14.4 Å². The van der Waals surface area contributed by atoms with Gasteiger partial charge in [-0.3, -0.25) is 14.4 Å². The number of cyclic esters (lactones) is 1. The van der Waals surface area contributed by atoms with Crippen molar-refractivity contribution in [2.24, 2.45) is 11.8 Å². The molecule has 188 valence electrons. The molecule has 4 aliphatic heterocycles. The highest BCUT2D eigenvalue weighted by Crippen LogP contribution is 2.60. The van der Waals surface area contributed by atoms with Crippen LogP contribution >= 0.6 is 11.8 Å². The Balaban J connectivity index is 1.68. The van der Waals surface area contributed by atoms with E-state index in [4.69, 9.17) is 9.84 Å². The van der Waals surface area contributed by atoms with E-state index in [1.165, 1.54) is 0 Å². The van der Waals surface area contributed by atoms with Gasteiger partial charge in [0.25, 0.3) is 0 Å². The number of allylic oxidation sites excluding steroid dienone is 1. The lowest BCUT2D eigenvalue weighted by Gasteiger charge is -2.35. The van der Waals surface area contributed by atoms with Crippen LogP contribution in [-0.2, 0) is 19.1 Å². The van der Waals surface area contributed by atoms with Crippen LogP contribution in [0.15, 0.2) is 24.3 Å². The van der Waals surface area contributed by atoms with Gasteiger partial charge in [-0.25, -0.2) is 0 Å². The molecule has 4 aliphatic rings. The van der Waals surface area contributed by atoms with Crippen molar-refractivity contribution in [3.8, 4) is 0 Å². The molecule has 4 rings (SSSR count). The highest BCUT2D eigenvalue weighted by atomic mass is 32.2. The van der Waals surface area contributed by atoms with E-state index in [-0.39, 0.29) is 29.6 Å². The van der Waals surface area contributed by atoms with Crippen LogP contribution in [-0.4, -0.2) is 81.6 Å². The first-order valence-electron chi connectivity index (χ1n) is 12.9. The van der Waals surface area contributed by atoms with E-state index in [1.807, 2.05) is 11.0 Å². The van der Waals surface area contributed by atoms with E-state index < -0.39 is 22.6 Å². The summed E-state index contributed by atoms with van der Waals surface area (Å²) in [6.07, 6.45) is 15.1. The molecule has 0 aromatic heterocycles. The number of ether oxygens (including phenoxy) is 1. The summed E-state index contributed by atoms with van der Waals surface area (Å²) in [5.74, 6) is -1.57. The number of nitrogens with zero attached hydrogens (tertiary/aromatic N) is 2. The molecular formula is C26H38N2O5S. The molecule has 1 N–H and O–H groups in total. The Labute approximate surface area is 206 Å². The molecule has 0 radical (unpaired) electrons. The van der Waals surface area contributed by atoms with Crippen molar-refractivity contribution in [3.63, 3.8) is 0 Å². The molecular weight excluding hydrogens is 452 g/mol. The molecule has 8 heteroatoms. The van der Waals surface area contributed by atoms with Crippen molar-refractivity contribution in [2.75, 3.05) is 32.8 Å². The fourth-order valence-electron chi connectivity index (χ4n) is 5.84. The smallest absolute Gasteiger partial charge is 0.311 e. The van der Waals surface area contributed by atoms with E-state index >= 15 is 0 Å². The standard InChI is InChI=1S/C26H38N2O5S/c1-2-3-14-27-15-11-13-26-21(20-19(34-26)12-7-6-10-18-33-25(20)32)23(30)28(22(26)24(27)31)16-8-4-5-9-17-29/h7,11-13,19-22,29H,2-6,8-10,14-18H2,1H3/b12-7-/t19-,20+,21-,22?,26-/m0/s1. The third kappa shape index (κ3) is 4.68. The maximum Gasteiger partial charge on any atom is 0.311 e. The van der Waals surface area contributed by atoms with Gasteiger partial charge in [-0.15, -0.1) is 11.8 Å². The van der Waals surface area contributed by atoms with Crippen LogP contribution < -0.4 is 0 Å². The first-order chi connectivity index (χ1) is 16.5. The fourth-order valence-corrected chi connectivity index (χ4v) is 7.84. The molecule has 0 bridgehead atoms. The lowest BCUT2D eigenvalue weighted by atomic mass is 9.78. The quantitative estimate of drug-likeness (QED) is 0.304. The number of hydrogen-bond donors (Lipinski definition) is 1. The molecule has 2 amide bonds. The van der Waals surface area contributed by atoms with Crippen LogP contribution in [0.3, 0.4) is 0 Å². The summed E-state index contributed by atoms with van der Waals surface area (Å²) in [5.41, 5.74) is 0. The molecule has 0 saturated carbocycles. The van der Waals surface area contributed by atoms with Gasteiger partial charge in [0.1, 0.15) is 6.04 Å². The Kier molecular flexibility index (Phi) is 8.40. The Morgan fingerprint density at radius 3 is 2.71 bits per heavy atom. The van der Waals surface area contributed by atoms with Crippen LogP contribution in [0.1, 0.15) is 58.3 Å². The first kappa shape index (κ1) is 25.3.